The molecule has 2 saturated heterocycles. The topological polar surface area (TPSA) is 66.6 Å². The third-order valence-electron chi connectivity index (χ3n) is 5.71. The fourth-order valence-corrected chi connectivity index (χ4v) is 4.34. The molecular formula is C16H18F2N6O. The van der Waals surface area contributed by atoms with Crippen LogP contribution < -0.4 is 4.90 Å². The summed E-state index contributed by atoms with van der Waals surface area (Å²) in [5.74, 6) is -1.58. The number of rotatable bonds is 2. The van der Waals surface area contributed by atoms with Crippen molar-refractivity contribution in [3.63, 3.8) is 0 Å². The monoisotopic (exact) mass is 348 g/mol. The van der Waals surface area contributed by atoms with E-state index in [-0.39, 0.29) is 18.7 Å². The van der Waals surface area contributed by atoms with Gasteiger partial charge in [-0.05, 0) is 12.1 Å². The number of nitrogens with zero attached hydrogens (tertiary/aromatic N) is 6. The van der Waals surface area contributed by atoms with Crippen molar-refractivity contribution in [2.45, 2.75) is 18.8 Å². The number of carbonyl (C=O) groups excluding carboxylic acids is 1. The molecule has 2 atom stereocenters. The first-order valence-electron chi connectivity index (χ1n) is 8.57. The molecule has 1 aliphatic carbocycles. The Labute approximate surface area is 142 Å². The number of carbonyl (C=O) groups is 1. The molecule has 0 radical (unpaired) electrons. The van der Waals surface area contributed by atoms with E-state index in [1.54, 1.807) is 15.7 Å². The maximum absolute atomic E-state index is 13.0. The summed E-state index contributed by atoms with van der Waals surface area (Å²) < 4.78 is 27.6. The Balaban J connectivity index is 1.24. The van der Waals surface area contributed by atoms with Gasteiger partial charge in [0.1, 0.15) is 12.1 Å². The number of fused-ring (bicyclic) bond motifs is 2. The molecule has 2 aliphatic heterocycles. The fraction of sp³-hybridized carbons (Fsp3) is 0.625. The second kappa shape index (κ2) is 5.09. The molecule has 0 bridgehead atoms. The van der Waals surface area contributed by atoms with Gasteiger partial charge in [0.05, 0.1) is 0 Å². The van der Waals surface area contributed by atoms with Crippen molar-refractivity contribution in [1.29, 1.82) is 0 Å². The van der Waals surface area contributed by atoms with Gasteiger partial charge in [-0.25, -0.2) is 8.78 Å². The first kappa shape index (κ1) is 15.0. The maximum atomic E-state index is 13.0. The second-order valence-corrected chi connectivity index (χ2v) is 7.45. The van der Waals surface area contributed by atoms with Crippen LogP contribution in [0.15, 0.2) is 18.5 Å². The third-order valence-corrected chi connectivity index (χ3v) is 5.71. The number of likely N-dealkylation sites (tertiary alicyclic amines) is 1. The molecule has 3 fully saturated rings. The van der Waals surface area contributed by atoms with Crippen LogP contribution in [0.5, 0.6) is 0 Å². The van der Waals surface area contributed by atoms with Crippen LogP contribution in [-0.4, -0.2) is 62.7 Å². The van der Waals surface area contributed by atoms with Gasteiger partial charge in [0.2, 0.25) is 11.8 Å². The van der Waals surface area contributed by atoms with Gasteiger partial charge in [0.15, 0.2) is 5.65 Å². The normalized spacial score (nSPS) is 28.4. The van der Waals surface area contributed by atoms with Gasteiger partial charge in [0.25, 0.3) is 0 Å². The largest absolute Gasteiger partial charge is 0.354 e. The minimum Gasteiger partial charge on any atom is -0.354 e. The second-order valence-electron chi connectivity index (χ2n) is 7.45. The first-order valence-corrected chi connectivity index (χ1v) is 8.57. The van der Waals surface area contributed by atoms with Gasteiger partial charge in [-0.2, -0.15) is 4.52 Å². The van der Waals surface area contributed by atoms with Crippen LogP contribution in [0.4, 0.5) is 14.6 Å². The molecule has 2 aromatic rings. The molecular weight excluding hydrogens is 330 g/mol. The van der Waals surface area contributed by atoms with Gasteiger partial charge in [-0.15, -0.1) is 15.3 Å². The molecule has 1 saturated carbocycles. The molecule has 25 heavy (non-hydrogen) atoms. The lowest BCUT2D eigenvalue weighted by Gasteiger charge is -2.36. The molecule has 2 aromatic heterocycles. The van der Waals surface area contributed by atoms with Crippen LogP contribution in [0.2, 0.25) is 0 Å². The summed E-state index contributed by atoms with van der Waals surface area (Å²) in [5, 5.41) is 12.3. The van der Waals surface area contributed by atoms with Crippen LogP contribution in [0.1, 0.15) is 12.8 Å². The number of anilines is 1. The number of halogens is 2. The first-order chi connectivity index (χ1) is 12.0. The Morgan fingerprint density at radius 3 is 2.52 bits per heavy atom. The lowest BCUT2D eigenvalue weighted by atomic mass is 9.80. The molecule has 0 spiro atoms. The van der Waals surface area contributed by atoms with Crippen molar-refractivity contribution < 1.29 is 13.6 Å². The Morgan fingerprint density at radius 1 is 1.12 bits per heavy atom. The van der Waals surface area contributed by atoms with Crippen LogP contribution in [0.25, 0.3) is 5.65 Å². The van der Waals surface area contributed by atoms with E-state index in [0.29, 0.717) is 30.6 Å². The number of aromatic nitrogens is 4. The molecule has 5 rings (SSSR count). The van der Waals surface area contributed by atoms with E-state index in [1.165, 1.54) is 0 Å². The van der Waals surface area contributed by atoms with Gasteiger partial charge in [-0.3, -0.25) is 4.79 Å². The number of hydrogen-bond acceptors (Lipinski definition) is 5. The standard InChI is InChI=1S/C16H18F2N6O/c17-16(18)3-10(4-16)15(25)23-7-11-5-22(6-12(11)8-23)14-2-1-13-20-19-9-24(13)21-14/h1-2,9-12H,3-8H2. The van der Waals surface area contributed by atoms with Crippen molar-refractivity contribution in [3.05, 3.63) is 18.5 Å². The average molecular weight is 348 g/mol. The third kappa shape index (κ3) is 2.44. The molecule has 9 heteroatoms. The summed E-state index contributed by atoms with van der Waals surface area (Å²) in [6, 6.07) is 3.82. The molecule has 4 heterocycles. The smallest absolute Gasteiger partial charge is 0.249 e. The lowest BCUT2D eigenvalue weighted by Crippen LogP contribution is -2.46. The SMILES string of the molecule is O=C(C1CC(F)(F)C1)N1CC2CN(c3ccc4nncn4n3)CC2C1. The zero-order chi connectivity index (χ0) is 17.2. The zero-order valence-corrected chi connectivity index (χ0v) is 13.6. The van der Waals surface area contributed by atoms with Crippen LogP contribution in [0, 0.1) is 17.8 Å². The Kier molecular flexibility index (Phi) is 3.05. The summed E-state index contributed by atoms with van der Waals surface area (Å²) >= 11 is 0. The van der Waals surface area contributed by atoms with E-state index in [1.807, 2.05) is 12.1 Å². The molecule has 1 amide bonds. The lowest BCUT2D eigenvalue weighted by molar-refractivity contribution is -0.159. The van der Waals surface area contributed by atoms with E-state index in [2.05, 4.69) is 20.2 Å². The Morgan fingerprint density at radius 2 is 1.84 bits per heavy atom. The highest BCUT2D eigenvalue weighted by atomic mass is 19.3. The highest BCUT2D eigenvalue weighted by molar-refractivity contribution is 5.80. The predicted molar refractivity (Wildman–Crippen MR) is 84.2 cm³/mol. The molecule has 0 N–H and O–H groups in total. The molecule has 3 aliphatic rings. The fourth-order valence-electron chi connectivity index (χ4n) is 4.34. The number of hydrogen-bond donors (Lipinski definition) is 0. The highest BCUT2D eigenvalue weighted by Gasteiger charge is 2.51. The molecule has 0 aromatic carbocycles. The molecule has 132 valence electrons. The van der Waals surface area contributed by atoms with Crippen molar-refractivity contribution in [3.8, 4) is 0 Å². The van der Waals surface area contributed by atoms with E-state index >= 15 is 0 Å². The zero-order valence-electron chi connectivity index (χ0n) is 13.6. The summed E-state index contributed by atoms with van der Waals surface area (Å²) in [7, 11) is 0. The number of amides is 1. The van der Waals surface area contributed by atoms with Crippen LogP contribution in [0.3, 0.4) is 0 Å². The minimum absolute atomic E-state index is 0.0871. The number of alkyl halides is 2. The van der Waals surface area contributed by atoms with Gasteiger partial charge in [-0.1, -0.05) is 0 Å². The van der Waals surface area contributed by atoms with E-state index in [9.17, 15) is 13.6 Å². The van der Waals surface area contributed by atoms with Gasteiger partial charge in [0, 0.05) is 56.8 Å². The van der Waals surface area contributed by atoms with E-state index in [0.717, 1.165) is 18.9 Å². The minimum atomic E-state index is -2.64. The van der Waals surface area contributed by atoms with E-state index in [4.69, 9.17) is 0 Å². The predicted octanol–water partition coefficient (Wildman–Crippen LogP) is 1.06. The quantitative estimate of drug-likeness (QED) is 0.812. The van der Waals surface area contributed by atoms with Crippen molar-refractivity contribution in [2.75, 3.05) is 31.1 Å². The van der Waals surface area contributed by atoms with Gasteiger partial charge < -0.3 is 9.80 Å². The van der Waals surface area contributed by atoms with E-state index < -0.39 is 11.8 Å². The van der Waals surface area contributed by atoms with Crippen LogP contribution in [-0.2, 0) is 4.79 Å². The molecule has 7 nitrogen and oxygen atoms in total. The van der Waals surface area contributed by atoms with Crippen molar-refractivity contribution >= 4 is 17.4 Å². The maximum Gasteiger partial charge on any atom is 0.249 e. The summed E-state index contributed by atoms with van der Waals surface area (Å²) in [6.07, 6.45) is 1.00. The summed E-state index contributed by atoms with van der Waals surface area (Å²) in [5.41, 5.74) is 0.706. The average Bonchev–Trinajstić information content (AvgIpc) is 3.24. The Hall–Kier alpha value is -2.32. The Bertz CT molecular complexity index is 817. The summed E-state index contributed by atoms with van der Waals surface area (Å²) in [4.78, 5) is 16.4. The van der Waals surface area contributed by atoms with Crippen LogP contribution >= 0.6 is 0 Å². The summed E-state index contributed by atoms with van der Waals surface area (Å²) in [6.45, 7) is 2.99. The highest BCUT2D eigenvalue weighted by Crippen LogP contribution is 2.44. The van der Waals surface area contributed by atoms with Crippen molar-refractivity contribution in [1.82, 2.24) is 24.7 Å². The molecule has 2 unspecified atom stereocenters. The van der Waals surface area contributed by atoms with Crippen molar-refractivity contribution in [2.24, 2.45) is 17.8 Å². The van der Waals surface area contributed by atoms with Gasteiger partial charge >= 0.3 is 0 Å².